The number of hydrogen-bond donors (Lipinski definition) is 2. The van der Waals surface area contributed by atoms with Crippen LogP contribution in [0.15, 0.2) is 46.0 Å². The molecule has 0 bridgehead atoms. The minimum atomic E-state index is -0.363. The van der Waals surface area contributed by atoms with Gasteiger partial charge >= 0.3 is 0 Å². The first kappa shape index (κ1) is 17.0. The summed E-state index contributed by atoms with van der Waals surface area (Å²) < 4.78 is 6.25. The zero-order chi connectivity index (χ0) is 16.8. The average molecular weight is 377 g/mol. The third kappa shape index (κ3) is 4.82. The van der Waals surface area contributed by atoms with E-state index in [9.17, 15) is 9.90 Å². The van der Waals surface area contributed by atoms with Crippen molar-refractivity contribution in [1.29, 1.82) is 0 Å². The van der Waals surface area contributed by atoms with E-state index < -0.39 is 0 Å². The number of carbonyl (C=O) groups is 1. The molecule has 0 spiro atoms. The van der Waals surface area contributed by atoms with Gasteiger partial charge < -0.3 is 9.84 Å². The van der Waals surface area contributed by atoms with Crippen molar-refractivity contribution in [2.75, 3.05) is 6.61 Å². The van der Waals surface area contributed by atoms with Crippen molar-refractivity contribution >= 4 is 28.1 Å². The molecule has 0 atom stereocenters. The van der Waals surface area contributed by atoms with Gasteiger partial charge in [-0.05, 0) is 49.2 Å². The van der Waals surface area contributed by atoms with Crippen LogP contribution in [0.25, 0.3) is 0 Å². The number of ether oxygens (including phenoxy) is 1. The SMILES string of the molecule is Cc1cccc(OCC(=O)N/N=C\c2cc(O)ccc2Br)c1C. The number of nitrogens with one attached hydrogen (secondary N) is 1. The van der Waals surface area contributed by atoms with Crippen molar-refractivity contribution in [3.05, 3.63) is 57.6 Å². The summed E-state index contributed by atoms with van der Waals surface area (Å²) in [7, 11) is 0. The summed E-state index contributed by atoms with van der Waals surface area (Å²) in [5.74, 6) is 0.442. The molecular weight excluding hydrogens is 360 g/mol. The number of phenols is 1. The van der Waals surface area contributed by atoms with E-state index in [1.165, 1.54) is 12.3 Å². The highest BCUT2D eigenvalue weighted by atomic mass is 79.9. The van der Waals surface area contributed by atoms with E-state index in [0.717, 1.165) is 15.6 Å². The highest BCUT2D eigenvalue weighted by Crippen LogP contribution is 2.21. The lowest BCUT2D eigenvalue weighted by Gasteiger charge is -2.09. The lowest BCUT2D eigenvalue weighted by Crippen LogP contribution is -2.24. The fourth-order valence-electron chi connectivity index (χ4n) is 1.86. The highest BCUT2D eigenvalue weighted by Gasteiger charge is 2.05. The summed E-state index contributed by atoms with van der Waals surface area (Å²) in [5.41, 5.74) is 5.15. The average Bonchev–Trinajstić information content (AvgIpc) is 2.52. The molecule has 6 heteroatoms. The molecule has 0 saturated heterocycles. The monoisotopic (exact) mass is 376 g/mol. The lowest BCUT2D eigenvalue weighted by molar-refractivity contribution is -0.123. The first-order valence-electron chi connectivity index (χ1n) is 6.97. The van der Waals surface area contributed by atoms with E-state index in [-0.39, 0.29) is 18.3 Å². The number of benzene rings is 2. The number of phenolic OH excluding ortho intramolecular Hbond substituents is 1. The number of rotatable bonds is 5. The first-order chi connectivity index (χ1) is 11.0. The van der Waals surface area contributed by atoms with E-state index in [4.69, 9.17) is 4.74 Å². The van der Waals surface area contributed by atoms with Crippen LogP contribution in [0.3, 0.4) is 0 Å². The third-order valence-corrected chi connectivity index (χ3v) is 4.01. The molecule has 2 aromatic rings. The van der Waals surface area contributed by atoms with Gasteiger partial charge in [-0.15, -0.1) is 0 Å². The van der Waals surface area contributed by atoms with Crippen molar-refractivity contribution in [3.63, 3.8) is 0 Å². The van der Waals surface area contributed by atoms with Crippen LogP contribution in [-0.4, -0.2) is 23.8 Å². The molecule has 0 saturated carbocycles. The summed E-state index contributed by atoms with van der Waals surface area (Å²) in [4.78, 5) is 11.7. The number of aromatic hydroxyl groups is 1. The van der Waals surface area contributed by atoms with Crippen molar-refractivity contribution in [3.8, 4) is 11.5 Å². The molecule has 0 heterocycles. The molecule has 2 N–H and O–H groups in total. The normalized spacial score (nSPS) is 10.7. The van der Waals surface area contributed by atoms with Crippen molar-refractivity contribution in [1.82, 2.24) is 5.43 Å². The molecular formula is C17H17BrN2O3. The van der Waals surface area contributed by atoms with Gasteiger partial charge in [0.05, 0.1) is 6.21 Å². The second-order valence-corrected chi connectivity index (χ2v) is 5.84. The van der Waals surface area contributed by atoms with Gasteiger partial charge in [-0.1, -0.05) is 28.1 Å². The van der Waals surface area contributed by atoms with Crippen LogP contribution < -0.4 is 10.2 Å². The Hall–Kier alpha value is -2.34. The molecule has 2 aromatic carbocycles. The standard InChI is InChI=1S/C17H17BrN2O3/c1-11-4-3-5-16(12(11)2)23-10-17(22)20-19-9-13-8-14(21)6-7-15(13)18/h3-9,21H,10H2,1-2H3,(H,20,22)/b19-9-. The molecule has 1 amide bonds. The second-order valence-electron chi connectivity index (χ2n) is 4.99. The Kier molecular flexibility index (Phi) is 5.76. The van der Waals surface area contributed by atoms with Gasteiger partial charge in [0.25, 0.3) is 5.91 Å². The number of hydrazone groups is 1. The number of amides is 1. The summed E-state index contributed by atoms with van der Waals surface area (Å²) in [6.45, 7) is 3.81. The Morgan fingerprint density at radius 3 is 2.91 bits per heavy atom. The second kappa shape index (κ2) is 7.78. The van der Waals surface area contributed by atoms with E-state index in [2.05, 4.69) is 26.5 Å². The minimum Gasteiger partial charge on any atom is -0.508 e. The Morgan fingerprint density at radius 1 is 1.35 bits per heavy atom. The molecule has 0 unspecified atom stereocenters. The van der Waals surface area contributed by atoms with Gasteiger partial charge in [-0.25, -0.2) is 5.43 Å². The zero-order valence-corrected chi connectivity index (χ0v) is 14.4. The molecule has 0 aliphatic rings. The van der Waals surface area contributed by atoms with Gasteiger partial charge in [-0.2, -0.15) is 5.10 Å². The molecule has 2 rings (SSSR count). The van der Waals surface area contributed by atoms with E-state index >= 15 is 0 Å². The minimum absolute atomic E-state index is 0.122. The predicted molar refractivity (Wildman–Crippen MR) is 93.0 cm³/mol. The highest BCUT2D eigenvalue weighted by molar-refractivity contribution is 9.10. The maximum absolute atomic E-state index is 11.7. The quantitative estimate of drug-likeness (QED) is 0.621. The Balaban J connectivity index is 1.89. The number of halogens is 1. The third-order valence-electron chi connectivity index (χ3n) is 3.29. The molecule has 23 heavy (non-hydrogen) atoms. The zero-order valence-electron chi connectivity index (χ0n) is 12.8. The smallest absolute Gasteiger partial charge is 0.277 e. The van der Waals surface area contributed by atoms with Crippen molar-refractivity contribution in [2.45, 2.75) is 13.8 Å². The maximum Gasteiger partial charge on any atom is 0.277 e. The van der Waals surface area contributed by atoms with Crippen LogP contribution in [-0.2, 0) is 4.79 Å². The molecule has 0 aliphatic heterocycles. The molecule has 120 valence electrons. The lowest BCUT2D eigenvalue weighted by atomic mass is 10.1. The summed E-state index contributed by atoms with van der Waals surface area (Å²) in [5, 5.41) is 13.3. The summed E-state index contributed by atoms with van der Waals surface area (Å²) in [6, 6.07) is 10.5. The predicted octanol–water partition coefficient (Wildman–Crippen LogP) is 3.30. The Bertz CT molecular complexity index is 745. The van der Waals surface area contributed by atoms with Crippen LogP contribution >= 0.6 is 15.9 Å². The number of carbonyl (C=O) groups excluding carboxylic acids is 1. The number of hydrogen-bond acceptors (Lipinski definition) is 4. The van der Waals surface area contributed by atoms with E-state index in [0.29, 0.717) is 11.3 Å². The number of aryl methyl sites for hydroxylation is 1. The fraction of sp³-hybridized carbons (Fsp3) is 0.176. The molecule has 0 radical (unpaired) electrons. The van der Waals surface area contributed by atoms with E-state index in [1.54, 1.807) is 12.1 Å². The molecule has 5 nitrogen and oxygen atoms in total. The first-order valence-corrected chi connectivity index (χ1v) is 7.76. The van der Waals surface area contributed by atoms with Crippen LogP contribution in [0.1, 0.15) is 16.7 Å². The van der Waals surface area contributed by atoms with Gasteiger partial charge in [0.2, 0.25) is 0 Å². The topological polar surface area (TPSA) is 70.9 Å². The van der Waals surface area contributed by atoms with Gasteiger partial charge in [0.15, 0.2) is 6.61 Å². The van der Waals surface area contributed by atoms with E-state index in [1.807, 2.05) is 32.0 Å². The van der Waals surface area contributed by atoms with Crippen LogP contribution in [0.5, 0.6) is 11.5 Å². The Labute approximate surface area is 143 Å². The number of nitrogens with zero attached hydrogens (tertiary/aromatic N) is 1. The van der Waals surface area contributed by atoms with Crippen molar-refractivity contribution in [2.24, 2.45) is 5.10 Å². The molecule has 0 aliphatic carbocycles. The fourth-order valence-corrected chi connectivity index (χ4v) is 2.21. The van der Waals surface area contributed by atoms with Gasteiger partial charge in [-0.3, -0.25) is 4.79 Å². The van der Waals surface area contributed by atoms with Gasteiger partial charge in [0.1, 0.15) is 11.5 Å². The molecule has 0 fully saturated rings. The summed E-state index contributed by atoms with van der Waals surface area (Å²) in [6.07, 6.45) is 1.44. The van der Waals surface area contributed by atoms with Crippen LogP contribution in [0.2, 0.25) is 0 Å². The van der Waals surface area contributed by atoms with Crippen LogP contribution in [0.4, 0.5) is 0 Å². The maximum atomic E-state index is 11.7. The summed E-state index contributed by atoms with van der Waals surface area (Å²) >= 11 is 3.33. The molecule has 0 aromatic heterocycles. The largest absolute Gasteiger partial charge is 0.508 e. The van der Waals surface area contributed by atoms with Crippen molar-refractivity contribution < 1.29 is 14.6 Å². The van der Waals surface area contributed by atoms with Crippen LogP contribution in [0, 0.1) is 13.8 Å². The Morgan fingerprint density at radius 2 is 2.13 bits per heavy atom. The van der Waals surface area contributed by atoms with Gasteiger partial charge in [0, 0.05) is 10.0 Å².